The highest BCUT2D eigenvalue weighted by molar-refractivity contribution is 7.46. The Morgan fingerprint density at radius 2 is 1.88 bits per heavy atom. The fourth-order valence-electron chi connectivity index (χ4n) is 0.917. The van der Waals surface area contributed by atoms with Crippen LogP contribution < -0.4 is 0 Å². The standard InChI is InChI=1S/C9H11O6P/c10-9(7-15-16(11,12)13)14-6-8-4-2-1-3-5-8/h1-5H,6-7H2,(H2,11,12,13). The number of rotatable bonds is 5. The molecule has 2 N–H and O–H groups in total. The van der Waals surface area contributed by atoms with Crippen LogP contribution in [0.25, 0.3) is 0 Å². The van der Waals surface area contributed by atoms with Crippen molar-refractivity contribution in [2.24, 2.45) is 0 Å². The summed E-state index contributed by atoms with van der Waals surface area (Å²) in [6, 6.07) is 8.92. The monoisotopic (exact) mass is 246 g/mol. The molecule has 1 aromatic carbocycles. The lowest BCUT2D eigenvalue weighted by molar-refractivity contribution is -0.147. The fraction of sp³-hybridized carbons (Fsp3) is 0.222. The maximum atomic E-state index is 11.0. The fourth-order valence-corrected chi connectivity index (χ4v) is 1.19. The van der Waals surface area contributed by atoms with Crippen LogP contribution in [0.4, 0.5) is 0 Å². The number of hydrogen-bond acceptors (Lipinski definition) is 4. The molecule has 0 heterocycles. The van der Waals surface area contributed by atoms with Crippen LogP contribution in [-0.4, -0.2) is 22.4 Å². The summed E-state index contributed by atoms with van der Waals surface area (Å²) in [6.45, 7) is -0.721. The molecule has 0 spiro atoms. The number of carbonyl (C=O) groups is 1. The summed E-state index contributed by atoms with van der Waals surface area (Å²) in [6.07, 6.45) is 0. The van der Waals surface area contributed by atoms with Gasteiger partial charge in [0.25, 0.3) is 0 Å². The van der Waals surface area contributed by atoms with E-state index in [1.807, 2.05) is 6.07 Å². The molecule has 0 unspecified atom stereocenters. The highest BCUT2D eigenvalue weighted by Crippen LogP contribution is 2.35. The molecule has 0 aliphatic heterocycles. The molecule has 7 heteroatoms. The lowest BCUT2D eigenvalue weighted by atomic mass is 10.2. The van der Waals surface area contributed by atoms with Crippen LogP contribution in [0.15, 0.2) is 30.3 Å². The van der Waals surface area contributed by atoms with Gasteiger partial charge in [0, 0.05) is 0 Å². The topological polar surface area (TPSA) is 93.1 Å². The molecule has 1 aromatic rings. The number of benzene rings is 1. The summed E-state index contributed by atoms with van der Waals surface area (Å²) in [5.41, 5.74) is 0.784. The van der Waals surface area contributed by atoms with Gasteiger partial charge in [-0.1, -0.05) is 30.3 Å². The van der Waals surface area contributed by atoms with Gasteiger partial charge >= 0.3 is 13.8 Å². The van der Waals surface area contributed by atoms with Crippen LogP contribution in [0, 0.1) is 0 Å². The molecular formula is C9H11O6P. The van der Waals surface area contributed by atoms with Gasteiger partial charge < -0.3 is 14.5 Å². The van der Waals surface area contributed by atoms with Crippen molar-refractivity contribution >= 4 is 13.8 Å². The number of esters is 1. The minimum absolute atomic E-state index is 0.0458. The normalized spacial score (nSPS) is 11.1. The Balaban J connectivity index is 2.29. The van der Waals surface area contributed by atoms with E-state index in [9.17, 15) is 9.36 Å². The maximum absolute atomic E-state index is 11.0. The first kappa shape index (κ1) is 12.9. The van der Waals surface area contributed by atoms with Gasteiger partial charge in [0.15, 0.2) is 6.61 Å². The van der Waals surface area contributed by atoms with E-state index >= 15 is 0 Å². The molecule has 0 fully saturated rings. The second-order valence-electron chi connectivity index (χ2n) is 2.91. The van der Waals surface area contributed by atoms with Crippen molar-refractivity contribution in [3.63, 3.8) is 0 Å². The van der Waals surface area contributed by atoms with Crippen molar-refractivity contribution in [3.8, 4) is 0 Å². The largest absolute Gasteiger partial charge is 0.470 e. The summed E-state index contributed by atoms with van der Waals surface area (Å²) < 4.78 is 19.0. The zero-order chi connectivity index (χ0) is 12.0. The zero-order valence-corrected chi connectivity index (χ0v) is 9.17. The molecule has 0 bridgehead atoms. The van der Waals surface area contributed by atoms with Crippen LogP contribution in [-0.2, 0) is 25.2 Å². The smallest absolute Gasteiger partial charge is 0.459 e. The van der Waals surface area contributed by atoms with Crippen LogP contribution in [0.3, 0.4) is 0 Å². The molecule has 88 valence electrons. The van der Waals surface area contributed by atoms with Crippen LogP contribution in [0.2, 0.25) is 0 Å². The Hall–Kier alpha value is -1.20. The molecule has 0 atom stereocenters. The van der Waals surface area contributed by atoms with Gasteiger partial charge in [0.1, 0.15) is 6.61 Å². The van der Waals surface area contributed by atoms with E-state index in [-0.39, 0.29) is 6.61 Å². The SMILES string of the molecule is O=C(COP(=O)(O)O)OCc1ccccc1. The van der Waals surface area contributed by atoms with Crippen LogP contribution in [0.5, 0.6) is 0 Å². The first-order chi connectivity index (χ1) is 7.47. The third-order valence-electron chi connectivity index (χ3n) is 1.59. The molecular weight excluding hydrogens is 235 g/mol. The summed E-state index contributed by atoms with van der Waals surface area (Å²) >= 11 is 0. The summed E-state index contributed by atoms with van der Waals surface area (Å²) in [5, 5.41) is 0. The molecule has 0 aliphatic rings. The van der Waals surface area contributed by atoms with Crippen molar-refractivity contribution in [3.05, 3.63) is 35.9 Å². The average molecular weight is 246 g/mol. The molecule has 0 aliphatic carbocycles. The van der Waals surface area contributed by atoms with E-state index in [1.165, 1.54) is 0 Å². The number of carbonyl (C=O) groups excluding carboxylic acids is 1. The first-order valence-electron chi connectivity index (χ1n) is 4.37. The van der Waals surface area contributed by atoms with E-state index < -0.39 is 20.4 Å². The zero-order valence-electron chi connectivity index (χ0n) is 8.28. The third-order valence-corrected chi connectivity index (χ3v) is 2.06. The molecule has 0 aromatic heterocycles. The predicted octanol–water partition coefficient (Wildman–Crippen LogP) is 0.839. The number of ether oxygens (including phenoxy) is 1. The van der Waals surface area contributed by atoms with Crippen molar-refractivity contribution in [2.45, 2.75) is 6.61 Å². The maximum Gasteiger partial charge on any atom is 0.470 e. The minimum Gasteiger partial charge on any atom is -0.459 e. The Bertz CT molecular complexity index is 384. The van der Waals surface area contributed by atoms with Crippen molar-refractivity contribution in [2.75, 3.05) is 6.61 Å². The Labute approximate surface area is 92.1 Å². The Kier molecular flexibility index (Phi) is 4.64. The van der Waals surface area contributed by atoms with E-state index in [0.29, 0.717) is 0 Å². The molecule has 1 rings (SSSR count). The minimum atomic E-state index is -4.62. The van der Waals surface area contributed by atoms with Gasteiger partial charge in [-0.05, 0) is 5.56 Å². The first-order valence-corrected chi connectivity index (χ1v) is 5.90. The highest BCUT2D eigenvalue weighted by atomic mass is 31.2. The lowest BCUT2D eigenvalue weighted by Crippen LogP contribution is -2.11. The Morgan fingerprint density at radius 3 is 2.44 bits per heavy atom. The Morgan fingerprint density at radius 1 is 1.25 bits per heavy atom. The van der Waals surface area contributed by atoms with Crippen molar-refractivity contribution in [1.82, 2.24) is 0 Å². The predicted molar refractivity (Wildman–Crippen MR) is 54.2 cm³/mol. The van der Waals surface area contributed by atoms with Gasteiger partial charge in [-0.15, -0.1) is 0 Å². The van der Waals surface area contributed by atoms with Crippen LogP contribution >= 0.6 is 7.82 Å². The molecule has 0 amide bonds. The van der Waals surface area contributed by atoms with E-state index in [0.717, 1.165) is 5.56 Å². The summed E-state index contributed by atoms with van der Waals surface area (Å²) in [5.74, 6) is -0.827. The van der Waals surface area contributed by atoms with Crippen molar-refractivity contribution in [1.29, 1.82) is 0 Å². The second-order valence-corrected chi connectivity index (χ2v) is 4.15. The van der Waals surface area contributed by atoms with Gasteiger partial charge in [0.05, 0.1) is 0 Å². The molecule has 6 nitrogen and oxygen atoms in total. The second kappa shape index (κ2) is 5.77. The number of hydrogen-bond donors (Lipinski definition) is 2. The van der Waals surface area contributed by atoms with Gasteiger partial charge in [-0.2, -0.15) is 0 Å². The third kappa shape index (κ3) is 5.63. The van der Waals surface area contributed by atoms with E-state index in [4.69, 9.17) is 14.5 Å². The molecule has 0 saturated heterocycles. The summed E-state index contributed by atoms with van der Waals surface area (Å²) in [7, 11) is -4.62. The molecule has 0 saturated carbocycles. The van der Waals surface area contributed by atoms with Gasteiger partial charge in [-0.3, -0.25) is 4.52 Å². The number of phosphoric acid groups is 1. The molecule has 0 radical (unpaired) electrons. The highest BCUT2D eigenvalue weighted by Gasteiger charge is 2.16. The van der Waals surface area contributed by atoms with E-state index in [2.05, 4.69) is 4.52 Å². The van der Waals surface area contributed by atoms with E-state index in [1.54, 1.807) is 24.3 Å². The quantitative estimate of drug-likeness (QED) is 0.590. The summed E-state index contributed by atoms with van der Waals surface area (Å²) in [4.78, 5) is 27.6. The lowest BCUT2D eigenvalue weighted by Gasteiger charge is -2.06. The van der Waals surface area contributed by atoms with Crippen molar-refractivity contribution < 1.29 is 28.4 Å². The average Bonchev–Trinajstić information content (AvgIpc) is 2.24. The van der Waals surface area contributed by atoms with Crippen LogP contribution in [0.1, 0.15) is 5.56 Å². The number of phosphoric ester groups is 1. The van der Waals surface area contributed by atoms with Gasteiger partial charge in [-0.25, -0.2) is 9.36 Å². The molecule has 16 heavy (non-hydrogen) atoms. The van der Waals surface area contributed by atoms with Gasteiger partial charge in [0.2, 0.25) is 0 Å².